The second-order valence-corrected chi connectivity index (χ2v) is 10.6. The molecule has 0 bridgehead atoms. The largest absolute Gasteiger partial charge is 0.497 e. The molecular weight excluding hydrogens is 576 g/mol. The lowest BCUT2D eigenvalue weighted by Gasteiger charge is -2.16. The molecular formula is C36H36N8O2. The molecule has 10 heteroatoms. The molecule has 0 saturated heterocycles. The molecule has 4 aromatic rings. The van der Waals surface area contributed by atoms with Crippen molar-refractivity contribution in [2.24, 2.45) is 40.4 Å². The van der Waals surface area contributed by atoms with E-state index in [1.807, 2.05) is 125 Å². The molecule has 1 aliphatic heterocycles. The van der Waals surface area contributed by atoms with Gasteiger partial charge in [-0.1, -0.05) is 24.3 Å². The Morgan fingerprint density at radius 2 is 0.717 bits per heavy atom. The standard InChI is InChI=1S/C36H36N8O2/c1-23-35(43-41-27-15-19-29(45-5)20-16-27)24(2)38-33-13-9-10-14-34(33)40-26(4)36(44-42-28-17-21-30(46-6)22-18-28)25(3)39-32-12-8-7-11-31(32)37-23/h7-22,35-36H,1-6H3. The quantitative estimate of drug-likeness (QED) is 0.201. The minimum atomic E-state index is -0.535. The Morgan fingerprint density at radius 1 is 0.435 bits per heavy atom. The van der Waals surface area contributed by atoms with Gasteiger partial charge >= 0.3 is 0 Å². The van der Waals surface area contributed by atoms with E-state index < -0.39 is 12.1 Å². The molecule has 4 aromatic carbocycles. The number of ether oxygens (including phenoxy) is 2. The van der Waals surface area contributed by atoms with Gasteiger partial charge in [0.15, 0.2) is 0 Å². The minimum Gasteiger partial charge on any atom is -0.497 e. The van der Waals surface area contributed by atoms with Crippen LogP contribution in [0.15, 0.2) is 137 Å². The molecule has 0 unspecified atom stereocenters. The number of nitrogens with zero attached hydrogens (tertiary/aromatic N) is 8. The summed E-state index contributed by atoms with van der Waals surface area (Å²) in [6, 6.07) is 29.2. The molecule has 1 aliphatic rings. The van der Waals surface area contributed by atoms with Gasteiger partial charge in [0.2, 0.25) is 0 Å². The molecule has 0 aliphatic carbocycles. The van der Waals surface area contributed by atoms with Gasteiger partial charge in [0, 0.05) is 22.8 Å². The van der Waals surface area contributed by atoms with Crippen LogP contribution in [0.1, 0.15) is 27.7 Å². The first kappa shape index (κ1) is 31.8. The third-order valence-corrected chi connectivity index (χ3v) is 7.26. The van der Waals surface area contributed by atoms with Gasteiger partial charge in [-0.25, -0.2) is 0 Å². The van der Waals surface area contributed by atoms with Crippen LogP contribution in [0.2, 0.25) is 0 Å². The SMILES string of the molecule is COc1ccc(N=NC2C(C)=Nc3ccccc3N=C(C)C(N=Nc3ccc(OC)cc3)C(C)=Nc3ccccc3N=C2C)cc1. The zero-order valence-electron chi connectivity index (χ0n) is 26.8. The second kappa shape index (κ2) is 14.9. The van der Waals surface area contributed by atoms with Crippen LogP contribution in [0.25, 0.3) is 0 Å². The van der Waals surface area contributed by atoms with Gasteiger partial charge in [-0.2, -0.15) is 20.5 Å². The van der Waals surface area contributed by atoms with E-state index in [1.165, 1.54) is 0 Å². The van der Waals surface area contributed by atoms with E-state index in [2.05, 4.69) is 10.2 Å². The Bertz CT molecular complexity index is 1640. The molecule has 0 radical (unpaired) electrons. The molecule has 5 rings (SSSR count). The highest BCUT2D eigenvalue weighted by Gasteiger charge is 2.20. The molecule has 46 heavy (non-hydrogen) atoms. The van der Waals surface area contributed by atoms with Crippen molar-refractivity contribution in [3.8, 4) is 11.5 Å². The summed E-state index contributed by atoms with van der Waals surface area (Å²) < 4.78 is 10.6. The summed E-state index contributed by atoms with van der Waals surface area (Å²) in [7, 11) is 3.26. The van der Waals surface area contributed by atoms with Gasteiger partial charge in [0.1, 0.15) is 23.6 Å². The second-order valence-electron chi connectivity index (χ2n) is 10.6. The number of rotatable bonds is 6. The Kier molecular flexibility index (Phi) is 10.3. The highest BCUT2D eigenvalue weighted by Crippen LogP contribution is 2.32. The summed E-state index contributed by atoms with van der Waals surface area (Å²) in [5, 5.41) is 18.5. The number of benzene rings is 4. The number of methoxy groups -OCH3 is 2. The Hall–Kier alpha value is -5.64. The smallest absolute Gasteiger partial charge is 0.147 e. The van der Waals surface area contributed by atoms with Gasteiger partial charge in [-0.15, -0.1) is 0 Å². The highest BCUT2D eigenvalue weighted by molar-refractivity contribution is 6.13. The van der Waals surface area contributed by atoms with Gasteiger partial charge in [-0.3, -0.25) is 20.0 Å². The lowest BCUT2D eigenvalue weighted by molar-refractivity contribution is 0.414. The van der Waals surface area contributed by atoms with Gasteiger partial charge < -0.3 is 9.47 Å². The summed E-state index contributed by atoms with van der Waals surface area (Å²) in [4.78, 5) is 20.0. The minimum absolute atomic E-state index is 0.535. The van der Waals surface area contributed by atoms with Crippen molar-refractivity contribution in [2.75, 3.05) is 14.2 Å². The molecule has 10 nitrogen and oxygen atoms in total. The topological polar surface area (TPSA) is 117 Å². The maximum atomic E-state index is 5.28. The molecule has 232 valence electrons. The highest BCUT2D eigenvalue weighted by atomic mass is 16.5. The van der Waals surface area contributed by atoms with Crippen molar-refractivity contribution in [3.63, 3.8) is 0 Å². The van der Waals surface area contributed by atoms with Crippen molar-refractivity contribution >= 4 is 57.0 Å². The fourth-order valence-electron chi connectivity index (χ4n) is 4.80. The van der Waals surface area contributed by atoms with Crippen LogP contribution >= 0.6 is 0 Å². The summed E-state index contributed by atoms with van der Waals surface area (Å²) in [5.74, 6) is 1.49. The zero-order chi connectivity index (χ0) is 32.5. The van der Waals surface area contributed by atoms with E-state index in [1.54, 1.807) is 14.2 Å². The number of azo groups is 2. The van der Waals surface area contributed by atoms with Gasteiger partial charge in [0.25, 0.3) is 0 Å². The average Bonchev–Trinajstić information content (AvgIpc) is 3.07. The number of aliphatic imine (C=N–C) groups is 4. The monoisotopic (exact) mass is 612 g/mol. The van der Waals surface area contributed by atoms with Crippen molar-refractivity contribution < 1.29 is 9.47 Å². The lowest BCUT2D eigenvalue weighted by Crippen LogP contribution is -2.24. The van der Waals surface area contributed by atoms with Crippen LogP contribution in [0.3, 0.4) is 0 Å². The molecule has 0 saturated carbocycles. The maximum Gasteiger partial charge on any atom is 0.147 e. The van der Waals surface area contributed by atoms with Crippen LogP contribution in [-0.2, 0) is 0 Å². The number of fused-ring (bicyclic) bond motifs is 2. The van der Waals surface area contributed by atoms with E-state index in [9.17, 15) is 0 Å². The molecule has 0 atom stereocenters. The van der Waals surface area contributed by atoms with Crippen LogP contribution in [0.5, 0.6) is 11.5 Å². The van der Waals surface area contributed by atoms with Gasteiger partial charge in [0.05, 0.1) is 48.3 Å². The zero-order valence-corrected chi connectivity index (χ0v) is 26.8. The fourth-order valence-corrected chi connectivity index (χ4v) is 4.80. The van der Waals surface area contributed by atoms with Crippen molar-refractivity contribution in [2.45, 2.75) is 39.8 Å². The van der Waals surface area contributed by atoms with Gasteiger partial charge in [-0.05, 0) is 100 Å². The van der Waals surface area contributed by atoms with E-state index in [0.717, 1.165) is 11.5 Å². The van der Waals surface area contributed by atoms with Crippen molar-refractivity contribution in [3.05, 3.63) is 97.1 Å². The molecule has 1 heterocycles. The molecule has 0 N–H and O–H groups in total. The van der Waals surface area contributed by atoms with Crippen molar-refractivity contribution in [1.82, 2.24) is 0 Å². The average molecular weight is 613 g/mol. The third-order valence-electron chi connectivity index (χ3n) is 7.26. The van der Waals surface area contributed by atoms with Crippen molar-refractivity contribution in [1.29, 1.82) is 0 Å². The molecule has 0 fully saturated rings. The summed E-state index contributed by atoms with van der Waals surface area (Å²) in [5.41, 5.74) is 6.99. The predicted octanol–water partition coefficient (Wildman–Crippen LogP) is 10.1. The molecule has 0 spiro atoms. The van der Waals surface area contributed by atoms with Crippen LogP contribution < -0.4 is 9.47 Å². The lowest BCUT2D eigenvalue weighted by atomic mass is 10.1. The van der Waals surface area contributed by atoms with Crippen LogP contribution in [0.4, 0.5) is 34.1 Å². The number of hydrogen-bond acceptors (Lipinski definition) is 10. The fraction of sp³-hybridized carbons (Fsp3) is 0.222. The molecule has 0 amide bonds. The Labute approximate surface area is 269 Å². The Morgan fingerprint density at radius 3 is 0.978 bits per heavy atom. The van der Waals surface area contributed by atoms with E-state index >= 15 is 0 Å². The number of para-hydroxylation sites is 4. The first-order valence-electron chi connectivity index (χ1n) is 14.8. The first-order valence-corrected chi connectivity index (χ1v) is 14.8. The number of hydrogen-bond donors (Lipinski definition) is 0. The van der Waals surface area contributed by atoms with E-state index in [-0.39, 0.29) is 0 Å². The van der Waals surface area contributed by atoms with E-state index in [4.69, 9.17) is 39.7 Å². The third kappa shape index (κ3) is 7.89. The predicted molar refractivity (Wildman–Crippen MR) is 187 cm³/mol. The normalized spacial score (nSPS) is 17.3. The maximum absolute atomic E-state index is 5.28. The molecule has 0 aromatic heterocycles. The van der Waals surface area contributed by atoms with E-state index in [0.29, 0.717) is 57.0 Å². The summed E-state index contributed by atoms with van der Waals surface area (Å²) >= 11 is 0. The van der Waals surface area contributed by atoms with Crippen LogP contribution in [0, 0.1) is 0 Å². The Balaban J connectivity index is 1.63. The first-order chi connectivity index (χ1) is 22.3. The summed E-state index contributed by atoms with van der Waals surface area (Å²) in [6.07, 6.45) is 0. The summed E-state index contributed by atoms with van der Waals surface area (Å²) in [6.45, 7) is 7.71. The van der Waals surface area contributed by atoms with Crippen LogP contribution in [-0.4, -0.2) is 49.2 Å².